The molecule has 0 saturated carbocycles. The molecule has 1 rings (SSSR count). The first-order chi connectivity index (χ1) is 7.43. The van der Waals surface area contributed by atoms with Gasteiger partial charge in [-0.3, -0.25) is 0 Å². The summed E-state index contributed by atoms with van der Waals surface area (Å²) in [5, 5.41) is 11.4. The van der Waals surface area contributed by atoms with Gasteiger partial charge >= 0.3 is 12.0 Å². The Morgan fingerprint density at radius 1 is 1.31 bits per heavy atom. The van der Waals surface area contributed by atoms with Gasteiger partial charge < -0.3 is 20.1 Å². The van der Waals surface area contributed by atoms with E-state index in [4.69, 9.17) is 9.84 Å². The van der Waals surface area contributed by atoms with Crippen molar-refractivity contribution in [1.29, 1.82) is 0 Å². The third kappa shape index (κ3) is 3.37. The van der Waals surface area contributed by atoms with Gasteiger partial charge in [0.25, 0.3) is 0 Å². The zero-order valence-corrected chi connectivity index (χ0v) is 9.65. The Bertz CT molecular complexity index is 270. The summed E-state index contributed by atoms with van der Waals surface area (Å²) in [6, 6.07) is -0.349. The van der Waals surface area contributed by atoms with Crippen molar-refractivity contribution in [2.45, 2.75) is 25.8 Å². The minimum Gasteiger partial charge on any atom is -0.480 e. The molecule has 0 aromatic heterocycles. The average Bonchev–Trinajstić information content (AvgIpc) is 2.44. The van der Waals surface area contributed by atoms with Gasteiger partial charge in [0.15, 0.2) is 0 Å². The van der Waals surface area contributed by atoms with E-state index < -0.39 is 11.5 Å². The van der Waals surface area contributed by atoms with Gasteiger partial charge in [0, 0.05) is 19.7 Å². The topological polar surface area (TPSA) is 78.9 Å². The highest BCUT2D eigenvalue weighted by molar-refractivity contribution is 5.85. The minimum absolute atomic E-state index is 0.349. The number of carbonyl (C=O) groups excluding carboxylic acids is 1. The molecule has 0 unspecified atom stereocenters. The first-order valence-corrected chi connectivity index (χ1v) is 5.32. The van der Waals surface area contributed by atoms with E-state index in [1.165, 1.54) is 13.8 Å². The van der Waals surface area contributed by atoms with Crippen molar-refractivity contribution in [2.75, 3.05) is 26.3 Å². The number of carboxylic acid groups (broad SMARTS) is 1. The summed E-state index contributed by atoms with van der Waals surface area (Å²) in [6.45, 7) is 5.17. The van der Waals surface area contributed by atoms with Crippen molar-refractivity contribution in [1.82, 2.24) is 10.2 Å². The van der Waals surface area contributed by atoms with Gasteiger partial charge in [-0.25, -0.2) is 9.59 Å². The molecule has 0 atom stereocenters. The summed E-state index contributed by atoms with van der Waals surface area (Å²) in [7, 11) is 0. The fourth-order valence-electron chi connectivity index (χ4n) is 1.35. The van der Waals surface area contributed by atoms with Crippen LogP contribution in [-0.4, -0.2) is 53.8 Å². The Morgan fingerprint density at radius 2 is 2.00 bits per heavy atom. The van der Waals surface area contributed by atoms with E-state index in [1.54, 1.807) is 4.90 Å². The molecule has 92 valence electrons. The quantitative estimate of drug-likeness (QED) is 0.714. The van der Waals surface area contributed by atoms with Crippen LogP contribution in [0.5, 0.6) is 0 Å². The predicted octanol–water partition coefficient (Wildman–Crippen LogP) is 0.281. The van der Waals surface area contributed by atoms with Crippen molar-refractivity contribution >= 4 is 12.0 Å². The number of hydrogen-bond donors (Lipinski definition) is 2. The van der Waals surface area contributed by atoms with Gasteiger partial charge in [-0.15, -0.1) is 0 Å². The Labute approximate surface area is 94.6 Å². The summed E-state index contributed by atoms with van der Waals surface area (Å²) in [5.74, 6) is -1.05. The molecule has 1 aliphatic heterocycles. The second-order valence-corrected chi connectivity index (χ2v) is 4.31. The molecule has 0 aliphatic carbocycles. The molecule has 1 fully saturated rings. The molecule has 2 N–H and O–H groups in total. The number of carbonyl (C=O) groups is 2. The molecule has 6 nitrogen and oxygen atoms in total. The second-order valence-electron chi connectivity index (χ2n) is 4.31. The van der Waals surface area contributed by atoms with Crippen LogP contribution < -0.4 is 5.32 Å². The van der Waals surface area contributed by atoms with Crippen LogP contribution in [0.15, 0.2) is 0 Å². The number of hydrogen-bond acceptors (Lipinski definition) is 3. The molecule has 0 aromatic rings. The van der Waals surface area contributed by atoms with E-state index >= 15 is 0 Å². The largest absolute Gasteiger partial charge is 0.480 e. The summed E-state index contributed by atoms with van der Waals surface area (Å²) in [5.41, 5.74) is -1.25. The van der Waals surface area contributed by atoms with Crippen LogP contribution in [-0.2, 0) is 9.53 Å². The van der Waals surface area contributed by atoms with Crippen molar-refractivity contribution < 1.29 is 19.4 Å². The molecule has 2 amide bonds. The fraction of sp³-hybridized carbons (Fsp3) is 0.800. The van der Waals surface area contributed by atoms with Gasteiger partial charge in [-0.1, -0.05) is 0 Å². The van der Waals surface area contributed by atoms with Crippen LogP contribution in [0.2, 0.25) is 0 Å². The smallest absolute Gasteiger partial charge is 0.328 e. The normalized spacial score (nSPS) is 17.8. The van der Waals surface area contributed by atoms with Crippen LogP contribution in [0.1, 0.15) is 20.3 Å². The van der Waals surface area contributed by atoms with Gasteiger partial charge in [0.2, 0.25) is 0 Å². The van der Waals surface area contributed by atoms with Crippen LogP contribution in [0.3, 0.4) is 0 Å². The van der Waals surface area contributed by atoms with Crippen LogP contribution in [0, 0.1) is 0 Å². The van der Waals surface area contributed by atoms with Gasteiger partial charge in [-0.2, -0.15) is 0 Å². The maximum Gasteiger partial charge on any atom is 0.328 e. The lowest BCUT2D eigenvalue weighted by molar-refractivity contribution is -0.143. The molecular formula is C10H18N2O4. The maximum atomic E-state index is 11.8. The first-order valence-electron chi connectivity index (χ1n) is 5.32. The second kappa shape index (κ2) is 5.16. The third-order valence-electron chi connectivity index (χ3n) is 2.46. The van der Waals surface area contributed by atoms with Crippen LogP contribution in [0.4, 0.5) is 4.79 Å². The lowest BCUT2D eigenvalue weighted by Crippen LogP contribution is -2.54. The SMILES string of the molecule is CC(C)(NC(=O)N1CCCOCC1)C(=O)O. The summed E-state index contributed by atoms with van der Waals surface area (Å²) in [4.78, 5) is 24.2. The van der Waals surface area contributed by atoms with E-state index in [0.29, 0.717) is 26.3 Å². The molecule has 0 spiro atoms. The number of urea groups is 1. The summed E-state index contributed by atoms with van der Waals surface area (Å²) < 4.78 is 5.21. The highest BCUT2D eigenvalue weighted by Crippen LogP contribution is 2.05. The standard InChI is InChI=1S/C10H18N2O4/c1-10(2,8(13)14)11-9(15)12-4-3-6-16-7-5-12/h3-7H2,1-2H3,(H,11,15)(H,13,14). The van der Waals surface area contributed by atoms with E-state index in [9.17, 15) is 9.59 Å². The minimum atomic E-state index is -1.25. The lowest BCUT2D eigenvalue weighted by Gasteiger charge is -2.26. The zero-order chi connectivity index (χ0) is 12.2. The zero-order valence-electron chi connectivity index (χ0n) is 9.65. The molecule has 0 bridgehead atoms. The number of nitrogens with zero attached hydrogens (tertiary/aromatic N) is 1. The van der Waals surface area contributed by atoms with Gasteiger partial charge in [0.1, 0.15) is 5.54 Å². The van der Waals surface area contributed by atoms with Crippen LogP contribution in [0.25, 0.3) is 0 Å². The highest BCUT2D eigenvalue weighted by atomic mass is 16.5. The maximum absolute atomic E-state index is 11.8. The van der Waals surface area contributed by atoms with E-state index in [0.717, 1.165) is 6.42 Å². The van der Waals surface area contributed by atoms with E-state index in [2.05, 4.69) is 5.32 Å². The lowest BCUT2D eigenvalue weighted by atomic mass is 10.1. The van der Waals surface area contributed by atoms with Crippen molar-refractivity contribution in [3.05, 3.63) is 0 Å². The number of carboxylic acids is 1. The Balaban J connectivity index is 2.53. The molecule has 1 aliphatic rings. The summed E-state index contributed by atoms with van der Waals surface area (Å²) in [6.07, 6.45) is 0.779. The number of ether oxygens (including phenoxy) is 1. The third-order valence-corrected chi connectivity index (χ3v) is 2.46. The number of aliphatic carboxylic acids is 1. The van der Waals surface area contributed by atoms with Crippen LogP contribution >= 0.6 is 0 Å². The average molecular weight is 230 g/mol. The molecule has 0 aromatic carbocycles. The van der Waals surface area contributed by atoms with E-state index in [-0.39, 0.29) is 6.03 Å². The number of amides is 2. The number of rotatable bonds is 2. The molecule has 1 saturated heterocycles. The molecule has 16 heavy (non-hydrogen) atoms. The molecular weight excluding hydrogens is 212 g/mol. The first kappa shape index (κ1) is 12.8. The van der Waals surface area contributed by atoms with Crippen molar-refractivity contribution in [3.63, 3.8) is 0 Å². The van der Waals surface area contributed by atoms with E-state index in [1.807, 2.05) is 0 Å². The van der Waals surface area contributed by atoms with Gasteiger partial charge in [-0.05, 0) is 20.3 Å². The Morgan fingerprint density at radius 3 is 2.62 bits per heavy atom. The molecule has 1 heterocycles. The monoisotopic (exact) mass is 230 g/mol. The number of nitrogens with one attached hydrogen (secondary N) is 1. The molecule has 6 heteroatoms. The Kier molecular flexibility index (Phi) is 4.12. The summed E-state index contributed by atoms with van der Waals surface area (Å²) >= 11 is 0. The predicted molar refractivity (Wildman–Crippen MR) is 57.3 cm³/mol. The van der Waals surface area contributed by atoms with Crippen molar-refractivity contribution in [3.8, 4) is 0 Å². The Hall–Kier alpha value is -1.30. The van der Waals surface area contributed by atoms with Crippen molar-refractivity contribution in [2.24, 2.45) is 0 Å². The highest BCUT2D eigenvalue weighted by Gasteiger charge is 2.30. The fourth-order valence-corrected chi connectivity index (χ4v) is 1.35. The molecule has 0 radical (unpaired) electrons. The van der Waals surface area contributed by atoms with Gasteiger partial charge in [0.05, 0.1) is 6.61 Å².